The van der Waals surface area contributed by atoms with E-state index >= 15 is 0 Å². The minimum absolute atomic E-state index is 0.423. The predicted octanol–water partition coefficient (Wildman–Crippen LogP) is 5.85. The topological polar surface area (TPSA) is 51.4 Å². The van der Waals surface area contributed by atoms with Crippen LogP contribution < -0.4 is 5.84 Å². The summed E-state index contributed by atoms with van der Waals surface area (Å²) in [6.45, 7) is 2.46. The number of pyridine rings is 1. The number of halogens is 1. The number of nitrogens with zero attached hydrogens (tertiary/aromatic N) is 2. The number of hydrazine groups is 1. The highest BCUT2D eigenvalue weighted by atomic mass is 35.5. The maximum Gasteiger partial charge on any atom is 0.114 e. The summed E-state index contributed by atoms with van der Waals surface area (Å²) in [5.41, 5.74) is 6.20. The van der Waals surface area contributed by atoms with Gasteiger partial charge in [0.15, 0.2) is 0 Å². The van der Waals surface area contributed by atoms with E-state index in [0.29, 0.717) is 6.04 Å². The van der Waals surface area contributed by atoms with Crippen LogP contribution in [0.5, 0.6) is 0 Å². The van der Waals surface area contributed by atoms with Gasteiger partial charge in [0, 0.05) is 41.8 Å². The molecule has 4 nitrogen and oxygen atoms in total. The highest BCUT2D eigenvalue weighted by molar-refractivity contribution is 6.30. The highest BCUT2D eigenvalue weighted by Gasteiger charge is 2.18. The molecule has 0 saturated carbocycles. The summed E-state index contributed by atoms with van der Waals surface area (Å²) in [6.07, 6.45) is 2.94. The van der Waals surface area contributed by atoms with Crippen LogP contribution >= 0.6 is 11.6 Å². The Morgan fingerprint density at radius 1 is 0.886 bits per heavy atom. The van der Waals surface area contributed by atoms with Crippen LogP contribution in [0.2, 0.25) is 5.02 Å². The molecule has 176 valence electrons. The molecule has 0 radical (unpaired) electrons. The van der Waals surface area contributed by atoms with Crippen LogP contribution in [0.1, 0.15) is 29.7 Å². The zero-order valence-corrected chi connectivity index (χ0v) is 20.3. The van der Waals surface area contributed by atoms with Crippen molar-refractivity contribution in [2.45, 2.75) is 25.3 Å². The SMILES string of the molecule is NN(CCc1ccc(C#Cc2ccc3cc(-c4ccc(Cl)cc4)ccc3n2)cc1)C1CCOCC1. The van der Waals surface area contributed by atoms with Gasteiger partial charge in [-0.25, -0.2) is 9.99 Å². The molecular formula is C30H28ClN3O. The monoisotopic (exact) mass is 481 g/mol. The molecule has 35 heavy (non-hydrogen) atoms. The zero-order chi connectivity index (χ0) is 24.0. The average molecular weight is 482 g/mol. The van der Waals surface area contributed by atoms with E-state index in [1.54, 1.807) is 0 Å². The molecule has 0 amide bonds. The van der Waals surface area contributed by atoms with Crippen molar-refractivity contribution in [3.8, 4) is 23.0 Å². The third-order valence-corrected chi connectivity index (χ3v) is 6.73. The van der Waals surface area contributed by atoms with Crippen molar-refractivity contribution in [2.24, 2.45) is 5.84 Å². The minimum Gasteiger partial charge on any atom is -0.381 e. The summed E-state index contributed by atoms with van der Waals surface area (Å²) in [6, 6.07) is 27.0. The van der Waals surface area contributed by atoms with E-state index in [4.69, 9.17) is 27.2 Å². The van der Waals surface area contributed by atoms with Crippen molar-refractivity contribution >= 4 is 22.5 Å². The molecule has 1 aliphatic heterocycles. The van der Waals surface area contributed by atoms with E-state index in [-0.39, 0.29) is 0 Å². The zero-order valence-electron chi connectivity index (χ0n) is 19.6. The van der Waals surface area contributed by atoms with Crippen molar-refractivity contribution < 1.29 is 4.74 Å². The van der Waals surface area contributed by atoms with Gasteiger partial charge in [-0.05, 0) is 90.4 Å². The lowest BCUT2D eigenvalue weighted by Gasteiger charge is -2.30. The third kappa shape index (κ3) is 6.08. The maximum atomic E-state index is 6.26. The van der Waals surface area contributed by atoms with Crippen LogP contribution in [0.3, 0.4) is 0 Å². The number of ether oxygens (including phenoxy) is 1. The van der Waals surface area contributed by atoms with Gasteiger partial charge in [0.25, 0.3) is 0 Å². The van der Waals surface area contributed by atoms with Crippen LogP contribution in [0.4, 0.5) is 0 Å². The summed E-state index contributed by atoms with van der Waals surface area (Å²) >= 11 is 6.01. The van der Waals surface area contributed by atoms with Gasteiger partial charge in [-0.1, -0.05) is 47.9 Å². The molecule has 2 heterocycles. The van der Waals surface area contributed by atoms with Crippen molar-refractivity contribution in [3.05, 3.63) is 101 Å². The second-order valence-corrected chi connectivity index (χ2v) is 9.33. The smallest absolute Gasteiger partial charge is 0.114 e. The van der Waals surface area contributed by atoms with E-state index in [0.717, 1.165) is 77.3 Å². The van der Waals surface area contributed by atoms with Crippen LogP contribution in [0.15, 0.2) is 78.9 Å². The number of hydrogen-bond acceptors (Lipinski definition) is 4. The van der Waals surface area contributed by atoms with Gasteiger partial charge in [0.2, 0.25) is 0 Å². The molecule has 1 saturated heterocycles. The van der Waals surface area contributed by atoms with Crippen LogP contribution in [-0.2, 0) is 11.2 Å². The van der Waals surface area contributed by atoms with E-state index in [2.05, 4.69) is 54.3 Å². The fraction of sp³-hybridized carbons (Fsp3) is 0.233. The Morgan fingerprint density at radius 3 is 2.40 bits per heavy atom. The van der Waals surface area contributed by atoms with Crippen molar-refractivity contribution in [1.29, 1.82) is 0 Å². The van der Waals surface area contributed by atoms with Crippen molar-refractivity contribution in [1.82, 2.24) is 9.99 Å². The number of hydrogen-bond donors (Lipinski definition) is 1. The molecule has 4 aromatic rings. The molecule has 0 bridgehead atoms. The first-order chi connectivity index (χ1) is 17.1. The number of aromatic nitrogens is 1. The molecule has 5 rings (SSSR count). The first kappa shape index (κ1) is 23.5. The first-order valence-corrected chi connectivity index (χ1v) is 12.4. The van der Waals surface area contributed by atoms with Gasteiger partial charge in [-0.2, -0.15) is 0 Å². The predicted molar refractivity (Wildman–Crippen MR) is 143 cm³/mol. The van der Waals surface area contributed by atoms with E-state index in [1.807, 2.05) is 41.4 Å². The first-order valence-electron chi connectivity index (χ1n) is 12.0. The summed E-state index contributed by atoms with van der Waals surface area (Å²) in [7, 11) is 0. The van der Waals surface area contributed by atoms with Gasteiger partial charge < -0.3 is 4.74 Å². The van der Waals surface area contributed by atoms with E-state index in [1.165, 1.54) is 5.56 Å². The number of rotatable bonds is 5. The van der Waals surface area contributed by atoms with Crippen LogP contribution in [0, 0.1) is 11.8 Å². The normalized spacial score (nSPS) is 14.1. The molecule has 0 atom stereocenters. The molecular weight excluding hydrogens is 454 g/mol. The lowest BCUT2D eigenvalue weighted by atomic mass is 10.0. The van der Waals surface area contributed by atoms with Crippen LogP contribution in [0.25, 0.3) is 22.0 Å². The molecule has 5 heteroatoms. The quantitative estimate of drug-likeness (QED) is 0.220. The minimum atomic E-state index is 0.423. The van der Waals surface area contributed by atoms with Gasteiger partial charge >= 0.3 is 0 Å². The molecule has 3 aromatic carbocycles. The average Bonchev–Trinajstić information content (AvgIpc) is 2.91. The second kappa shape index (κ2) is 11.0. The van der Waals surface area contributed by atoms with Gasteiger partial charge in [0.05, 0.1) is 5.52 Å². The highest BCUT2D eigenvalue weighted by Crippen LogP contribution is 2.25. The molecule has 1 aliphatic rings. The van der Waals surface area contributed by atoms with Crippen molar-refractivity contribution in [3.63, 3.8) is 0 Å². The fourth-order valence-corrected chi connectivity index (χ4v) is 4.49. The Bertz CT molecular complexity index is 1350. The molecule has 0 aliphatic carbocycles. The summed E-state index contributed by atoms with van der Waals surface area (Å²) < 4.78 is 5.42. The fourth-order valence-electron chi connectivity index (χ4n) is 4.37. The number of nitrogens with two attached hydrogens (primary N) is 1. The standard InChI is InChI=1S/C30H28ClN3O/c31-27-10-6-24(7-11-27)25-9-14-30-26(21-25)8-13-28(33-30)12-5-22-1-3-23(4-2-22)15-18-34(32)29-16-19-35-20-17-29/h1-4,6-11,13-14,21,29H,15-20,32H2. The van der Waals surface area contributed by atoms with Gasteiger partial charge in [-0.3, -0.25) is 5.84 Å². The number of benzene rings is 3. The Morgan fingerprint density at radius 2 is 1.63 bits per heavy atom. The number of fused-ring (bicyclic) bond motifs is 1. The lowest BCUT2D eigenvalue weighted by molar-refractivity contribution is 0.0341. The Hall–Kier alpha value is -3.20. The third-order valence-electron chi connectivity index (χ3n) is 6.47. The largest absolute Gasteiger partial charge is 0.381 e. The Kier molecular flexibility index (Phi) is 7.42. The van der Waals surface area contributed by atoms with Crippen molar-refractivity contribution in [2.75, 3.05) is 19.8 Å². The van der Waals surface area contributed by atoms with Gasteiger partial charge in [-0.15, -0.1) is 0 Å². The Balaban J connectivity index is 1.22. The molecule has 0 unspecified atom stereocenters. The summed E-state index contributed by atoms with van der Waals surface area (Å²) in [5.74, 6) is 12.7. The molecule has 1 fully saturated rings. The molecule has 1 aromatic heterocycles. The summed E-state index contributed by atoms with van der Waals surface area (Å²) in [5, 5.41) is 3.80. The molecule has 2 N–H and O–H groups in total. The lowest BCUT2D eigenvalue weighted by Crippen LogP contribution is -2.45. The van der Waals surface area contributed by atoms with E-state index < -0.39 is 0 Å². The molecule has 0 spiro atoms. The van der Waals surface area contributed by atoms with Gasteiger partial charge in [0.1, 0.15) is 5.69 Å². The van der Waals surface area contributed by atoms with Crippen LogP contribution in [-0.4, -0.2) is 35.8 Å². The Labute approximate surface area is 211 Å². The van der Waals surface area contributed by atoms with E-state index in [9.17, 15) is 0 Å². The second-order valence-electron chi connectivity index (χ2n) is 8.89. The maximum absolute atomic E-state index is 6.26. The summed E-state index contributed by atoms with van der Waals surface area (Å²) in [4.78, 5) is 4.73.